The molecule has 1 aromatic carbocycles. The minimum Gasteiger partial charge on any atom is -0.490 e. The summed E-state index contributed by atoms with van der Waals surface area (Å²) in [5.41, 5.74) is 1.72. The van der Waals surface area contributed by atoms with Crippen molar-refractivity contribution in [2.75, 3.05) is 0 Å². The lowest BCUT2D eigenvalue weighted by molar-refractivity contribution is -0.0411. The van der Waals surface area contributed by atoms with E-state index in [4.69, 9.17) is 4.74 Å². The molecule has 0 N–H and O–H groups in total. The number of benzene rings is 1. The van der Waals surface area contributed by atoms with E-state index < -0.39 is 0 Å². The molecule has 2 rings (SSSR count). The summed E-state index contributed by atoms with van der Waals surface area (Å²) < 4.78 is 6.22. The van der Waals surface area contributed by atoms with Gasteiger partial charge in [-0.1, -0.05) is 55.3 Å². The number of hydrogen-bond acceptors (Lipinski definition) is 1. The van der Waals surface area contributed by atoms with Crippen LogP contribution in [0.25, 0.3) is 0 Å². The molecule has 1 saturated carbocycles. The Morgan fingerprint density at radius 3 is 2.26 bits per heavy atom. The van der Waals surface area contributed by atoms with E-state index in [-0.39, 0.29) is 0 Å². The van der Waals surface area contributed by atoms with Crippen molar-refractivity contribution in [3.63, 3.8) is 0 Å². The van der Waals surface area contributed by atoms with Gasteiger partial charge in [0.1, 0.15) is 11.9 Å². The Labute approximate surface area is 125 Å². The molecule has 0 aliphatic heterocycles. The predicted molar refractivity (Wildman–Crippen MR) is 85.2 cm³/mol. The first-order valence-corrected chi connectivity index (χ1v) is 8.47. The first-order chi connectivity index (χ1) is 9.16. The van der Waals surface area contributed by atoms with Gasteiger partial charge in [-0.3, -0.25) is 0 Å². The Balaban J connectivity index is 2.01. The van der Waals surface area contributed by atoms with E-state index in [0.29, 0.717) is 16.3 Å². The monoisotopic (exact) mass is 324 g/mol. The first-order valence-electron chi connectivity index (χ1n) is 7.56. The third-order valence-electron chi connectivity index (χ3n) is 4.74. The summed E-state index contributed by atoms with van der Waals surface area (Å²) in [4.78, 5) is 0.611. The highest BCUT2D eigenvalue weighted by Gasteiger charge is 2.53. The molecule has 0 saturated heterocycles. The SMILES string of the molecule is CCCc1ccc(OC2CC(Br)C2(CC)CC)cc1. The first kappa shape index (κ1) is 14.9. The second-order valence-corrected chi connectivity index (χ2v) is 6.75. The number of ether oxygens (including phenoxy) is 1. The fourth-order valence-corrected chi connectivity index (χ4v) is 4.48. The standard InChI is InChI=1S/C17H25BrO/c1-4-7-13-8-10-14(11-9-13)19-16-12-15(18)17(16,5-2)6-3/h8-11,15-16H,4-7,12H2,1-3H3. The molecule has 1 aromatic rings. The zero-order chi connectivity index (χ0) is 13.9. The Morgan fingerprint density at radius 2 is 1.79 bits per heavy atom. The lowest BCUT2D eigenvalue weighted by Gasteiger charge is -2.52. The van der Waals surface area contributed by atoms with Crippen molar-refractivity contribution in [3.8, 4) is 5.75 Å². The summed E-state index contributed by atoms with van der Waals surface area (Å²) in [5, 5.41) is 0. The van der Waals surface area contributed by atoms with Gasteiger partial charge >= 0.3 is 0 Å². The van der Waals surface area contributed by atoms with Gasteiger partial charge in [0, 0.05) is 10.2 Å². The highest BCUT2D eigenvalue weighted by molar-refractivity contribution is 9.09. The van der Waals surface area contributed by atoms with Crippen LogP contribution in [0.3, 0.4) is 0 Å². The molecule has 1 aliphatic rings. The van der Waals surface area contributed by atoms with Crippen LogP contribution in [-0.2, 0) is 6.42 Å². The van der Waals surface area contributed by atoms with Gasteiger partial charge in [-0.15, -0.1) is 0 Å². The molecule has 0 amide bonds. The Kier molecular flexibility index (Phi) is 4.94. The maximum atomic E-state index is 6.22. The summed E-state index contributed by atoms with van der Waals surface area (Å²) in [6.07, 6.45) is 6.20. The van der Waals surface area contributed by atoms with Crippen molar-refractivity contribution >= 4 is 15.9 Å². The third-order valence-corrected chi connectivity index (χ3v) is 6.03. The van der Waals surface area contributed by atoms with Crippen LogP contribution in [0.15, 0.2) is 24.3 Å². The maximum Gasteiger partial charge on any atom is 0.119 e. The molecule has 1 aliphatic carbocycles. The Hall–Kier alpha value is -0.500. The molecule has 1 nitrogen and oxygen atoms in total. The number of rotatable bonds is 6. The molecule has 19 heavy (non-hydrogen) atoms. The van der Waals surface area contributed by atoms with Crippen LogP contribution in [-0.4, -0.2) is 10.9 Å². The van der Waals surface area contributed by atoms with Gasteiger partial charge in [-0.25, -0.2) is 0 Å². The van der Waals surface area contributed by atoms with Crippen molar-refractivity contribution in [1.29, 1.82) is 0 Å². The quantitative estimate of drug-likeness (QED) is 0.640. The van der Waals surface area contributed by atoms with E-state index in [2.05, 4.69) is 61.0 Å². The molecular formula is C17H25BrO. The average molecular weight is 325 g/mol. The van der Waals surface area contributed by atoms with Crippen molar-refractivity contribution in [1.82, 2.24) is 0 Å². The molecule has 0 heterocycles. The van der Waals surface area contributed by atoms with Gasteiger partial charge in [0.2, 0.25) is 0 Å². The van der Waals surface area contributed by atoms with Gasteiger partial charge in [0.15, 0.2) is 0 Å². The lowest BCUT2D eigenvalue weighted by atomic mass is 9.62. The highest BCUT2D eigenvalue weighted by Crippen LogP contribution is 2.52. The highest BCUT2D eigenvalue weighted by atomic mass is 79.9. The smallest absolute Gasteiger partial charge is 0.119 e. The van der Waals surface area contributed by atoms with Gasteiger partial charge in [0.25, 0.3) is 0 Å². The van der Waals surface area contributed by atoms with Crippen LogP contribution < -0.4 is 4.74 Å². The van der Waals surface area contributed by atoms with E-state index in [9.17, 15) is 0 Å². The van der Waals surface area contributed by atoms with E-state index in [0.717, 1.165) is 18.6 Å². The molecular weight excluding hydrogens is 300 g/mol. The summed E-state index contributed by atoms with van der Waals surface area (Å²) in [6.45, 7) is 6.76. The number of hydrogen-bond donors (Lipinski definition) is 0. The van der Waals surface area contributed by atoms with Gasteiger partial charge < -0.3 is 4.74 Å². The van der Waals surface area contributed by atoms with Crippen molar-refractivity contribution in [2.45, 2.75) is 63.8 Å². The molecule has 0 aromatic heterocycles. The number of halogens is 1. The normalized spacial score (nSPS) is 24.8. The summed E-state index contributed by atoms with van der Waals surface area (Å²) in [7, 11) is 0. The van der Waals surface area contributed by atoms with Crippen molar-refractivity contribution in [3.05, 3.63) is 29.8 Å². The Bertz CT molecular complexity index is 394. The van der Waals surface area contributed by atoms with E-state index in [1.807, 2.05) is 0 Å². The van der Waals surface area contributed by atoms with Gasteiger partial charge in [-0.2, -0.15) is 0 Å². The summed E-state index contributed by atoms with van der Waals surface area (Å²) in [6, 6.07) is 8.65. The van der Waals surface area contributed by atoms with Gasteiger partial charge in [0.05, 0.1) is 0 Å². The maximum absolute atomic E-state index is 6.22. The minimum absolute atomic E-state index is 0.322. The second-order valence-electron chi connectivity index (χ2n) is 5.64. The molecule has 2 unspecified atom stereocenters. The van der Waals surface area contributed by atoms with Crippen LogP contribution in [0, 0.1) is 5.41 Å². The molecule has 1 fully saturated rings. The third kappa shape index (κ3) is 2.84. The zero-order valence-corrected chi connectivity index (χ0v) is 13.9. The Morgan fingerprint density at radius 1 is 1.16 bits per heavy atom. The molecule has 0 radical (unpaired) electrons. The minimum atomic E-state index is 0.322. The molecule has 2 atom stereocenters. The van der Waals surface area contributed by atoms with Crippen LogP contribution >= 0.6 is 15.9 Å². The largest absolute Gasteiger partial charge is 0.490 e. The average Bonchev–Trinajstić information content (AvgIpc) is 2.42. The number of alkyl halides is 1. The number of aryl methyl sites for hydroxylation is 1. The van der Waals surface area contributed by atoms with E-state index in [1.54, 1.807) is 0 Å². The van der Waals surface area contributed by atoms with Crippen molar-refractivity contribution in [2.24, 2.45) is 5.41 Å². The molecule has 106 valence electrons. The molecule has 0 bridgehead atoms. The van der Waals surface area contributed by atoms with Crippen LogP contribution in [0.4, 0.5) is 0 Å². The van der Waals surface area contributed by atoms with Crippen LogP contribution in [0.2, 0.25) is 0 Å². The van der Waals surface area contributed by atoms with Gasteiger partial charge in [-0.05, 0) is 43.4 Å². The van der Waals surface area contributed by atoms with Crippen LogP contribution in [0.5, 0.6) is 5.75 Å². The van der Waals surface area contributed by atoms with E-state index >= 15 is 0 Å². The van der Waals surface area contributed by atoms with Crippen molar-refractivity contribution < 1.29 is 4.74 Å². The molecule has 2 heteroatoms. The topological polar surface area (TPSA) is 9.23 Å². The molecule has 0 spiro atoms. The van der Waals surface area contributed by atoms with E-state index in [1.165, 1.54) is 24.8 Å². The lowest BCUT2D eigenvalue weighted by Crippen LogP contribution is -2.56. The predicted octanol–water partition coefficient (Wildman–Crippen LogP) is 5.36. The second kappa shape index (κ2) is 6.30. The fourth-order valence-electron chi connectivity index (χ4n) is 3.20. The summed E-state index contributed by atoms with van der Waals surface area (Å²) >= 11 is 3.81. The van der Waals surface area contributed by atoms with Crippen LogP contribution in [0.1, 0.15) is 52.0 Å². The zero-order valence-electron chi connectivity index (χ0n) is 12.3. The fraction of sp³-hybridized carbons (Fsp3) is 0.647. The summed E-state index contributed by atoms with van der Waals surface area (Å²) in [5.74, 6) is 1.02.